The van der Waals surface area contributed by atoms with Gasteiger partial charge >= 0.3 is 0 Å². The predicted molar refractivity (Wildman–Crippen MR) is 91.1 cm³/mol. The molecule has 0 saturated heterocycles. The maximum atomic E-state index is 12.0. The molecule has 3 aromatic rings. The van der Waals surface area contributed by atoms with Crippen LogP contribution >= 0.6 is 11.3 Å². The van der Waals surface area contributed by atoms with E-state index in [-0.39, 0.29) is 12.5 Å². The van der Waals surface area contributed by atoms with Crippen molar-refractivity contribution in [3.63, 3.8) is 0 Å². The number of thiophene rings is 1. The standard InChI is InChI=1S/C18H17N3O2S/c1-11-7-8-15(24-11)13-9-14(13)18-20-16(21-23-18)10-19-17(22)12-5-3-2-4-6-12/h2-8,13-14H,9-10H2,1H3,(H,19,22). The smallest absolute Gasteiger partial charge is 0.251 e. The first-order valence-electron chi connectivity index (χ1n) is 7.93. The van der Waals surface area contributed by atoms with Crippen LogP contribution in [0.2, 0.25) is 0 Å². The molecule has 122 valence electrons. The fraction of sp³-hybridized carbons (Fsp3) is 0.278. The van der Waals surface area contributed by atoms with Crippen molar-refractivity contribution < 1.29 is 9.32 Å². The lowest BCUT2D eigenvalue weighted by Gasteiger charge is -2.01. The van der Waals surface area contributed by atoms with E-state index >= 15 is 0 Å². The van der Waals surface area contributed by atoms with E-state index in [1.807, 2.05) is 29.5 Å². The van der Waals surface area contributed by atoms with Crippen LogP contribution in [0, 0.1) is 6.92 Å². The number of aromatic nitrogens is 2. The number of aryl methyl sites for hydroxylation is 1. The molecule has 0 bridgehead atoms. The van der Waals surface area contributed by atoms with E-state index in [2.05, 4.69) is 34.5 Å². The average molecular weight is 339 g/mol. The zero-order valence-corrected chi connectivity index (χ0v) is 14.0. The van der Waals surface area contributed by atoms with Crippen LogP contribution in [0.4, 0.5) is 0 Å². The summed E-state index contributed by atoms with van der Waals surface area (Å²) in [5, 5.41) is 6.79. The van der Waals surface area contributed by atoms with Crippen molar-refractivity contribution in [3.8, 4) is 0 Å². The Morgan fingerprint density at radius 1 is 1.25 bits per heavy atom. The molecule has 1 saturated carbocycles. The topological polar surface area (TPSA) is 68.0 Å². The summed E-state index contributed by atoms with van der Waals surface area (Å²) in [7, 11) is 0. The molecule has 1 N–H and O–H groups in total. The summed E-state index contributed by atoms with van der Waals surface area (Å²) >= 11 is 1.83. The van der Waals surface area contributed by atoms with Crippen molar-refractivity contribution in [2.45, 2.75) is 31.7 Å². The molecule has 1 aliphatic carbocycles. The van der Waals surface area contributed by atoms with Crippen LogP contribution in [0.15, 0.2) is 47.0 Å². The van der Waals surface area contributed by atoms with Crippen molar-refractivity contribution in [1.29, 1.82) is 0 Å². The van der Waals surface area contributed by atoms with Crippen LogP contribution in [0.25, 0.3) is 0 Å². The first kappa shape index (κ1) is 15.1. The fourth-order valence-corrected chi connectivity index (χ4v) is 3.83. The Morgan fingerprint density at radius 2 is 2.08 bits per heavy atom. The Kier molecular flexibility index (Phi) is 3.90. The summed E-state index contributed by atoms with van der Waals surface area (Å²) in [5.41, 5.74) is 0.622. The van der Waals surface area contributed by atoms with Gasteiger partial charge in [0.15, 0.2) is 5.82 Å². The minimum Gasteiger partial charge on any atom is -0.345 e. The molecule has 4 rings (SSSR count). The van der Waals surface area contributed by atoms with Gasteiger partial charge in [-0.2, -0.15) is 4.98 Å². The Morgan fingerprint density at radius 3 is 2.83 bits per heavy atom. The molecule has 5 nitrogen and oxygen atoms in total. The van der Waals surface area contributed by atoms with Gasteiger partial charge in [0.25, 0.3) is 5.91 Å². The minimum atomic E-state index is -0.139. The Bertz CT molecular complexity index is 856. The van der Waals surface area contributed by atoms with Crippen LogP contribution in [0.5, 0.6) is 0 Å². The van der Waals surface area contributed by atoms with Gasteiger partial charge in [-0.05, 0) is 37.6 Å². The summed E-state index contributed by atoms with van der Waals surface area (Å²) in [4.78, 5) is 19.2. The molecule has 1 fully saturated rings. The summed E-state index contributed by atoms with van der Waals surface area (Å²) in [6.07, 6.45) is 1.05. The predicted octanol–water partition coefficient (Wildman–Crippen LogP) is 3.64. The molecular formula is C18H17N3O2S. The van der Waals surface area contributed by atoms with E-state index in [1.165, 1.54) is 9.75 Å². The van der Waals surface area contributed by atoms with Crippen LogP contribution in [-0.4, -0.2) is 16.0 Å². The number of nitrogens with one attached hydrogen (secondary N) is 1. The third kappa shape index (κ3) is 3.10. The van der Waals surface area contributed by atoms with Gasteiger partial charge in [-0.1, -0.05) is 23.4 Å². The van der Waals surface area contributed by atoms with Crippen LogP contribution < -0.4 is 5.32 Å². The molecule has 1 aliphatic rings. The second-order valence-corrected chi connectivity index (χ2v) is 7.31. The zero-order chi connectivity index (χ0) is 16.5. The molecule has 24 heavy (non-hydrogen) atoms. The third-order valence-electron chi connectivity index (χ3n) is 4.16. The highest BCUT2D eigenvalue weighted by Gasteiger charge is 2.44. The molecule has 0 radical (unpaired) electrons. The van der Waals surface area contributed by atoms with Crippen LogP contribution in [-0.2, 0) is 6.54 Å². The maximum absolute atomic E-state index is 12.0. The Balaban J connectivity index is 1.35. The Hall–Kier alpha value is -2.47. The molecule has 1 amide bonds. The second kappa shape index (κ2) is 6.20. The second-order valence-electron chi connectivity index (χ2n) is 5.99. The molecule has 2 heterocycles. The highest BCUT2D eigenvalue weighted by Crippen LogP contribution is 2.55. The van der Waals surface area contributed by atoms with Crippen LogP contribution in [0.1, 0.15) is 50.1 Å². The molecule has 2 atom stereocenters. The number of rotatable bonds is 5. The number of hydrogen-bond acceptors (Lipinski definition) is 5. The molecule has 0 spiro atoms. The minimum absolute atomic E-state index is 0.139. The molecule has 0 aliphatic heterocycles. The zero-order valence-electron chi connectivity index (χ0n) is 13.2. The summed E-state index contributed by atoms with van der Waals surface area (Å²) in [5.74, 6) is 1.86. The van der Waals surface area contributed by atoms with Gasteiger partial charge < -0.3 is 9.84 Å². The molecule has 6 heteroatoms. The lowest BCUT2D eigenvalue weighted by Crippen LogP contribution is -2.23. The monoisotopic (exact) mass is 339 g/mol. The summed E-state index contributed by atoms with van der Waals surface area (Å²) in [6.45, 7) is 2.39. The number of nitrogens with zero attached hydrogens (tertiary/aromatic N) is 2. The van der Waals surface area contributed by atoms with Crippen molar-refractivity contribution >= 4 is 17.2 Å². The first-order valence-corrected chi connectivity index (χ1v) is 8.74. The van der Waals surface area contributed by atoms with Crippen molar-refractivity contribution in [2.24, 2.45) is 0 Å². The van der Waals surface area contributed by atoms with E-state index in [4.69, 9.17) is 4.52 Å². The van der Waals surface area contributed by atoms with Gasteiger partial charge in [0, 0.05) is 27.2 Å². The maximum Gasteiger partial charge on any atom is 0.251 e. The van der Waals surface area contributed by atoms with Crippen molar-refractivity contribution in [2.75, 3.05) is 0 Å². The van der Waals surface area contributed by atoms with Gasteiger partial charge in [0.1, 0.15) is 0 Å². The third-order valence-corrected chi connectivity index (χ3v) is 5.29. The van der Waals surface area contributed by atoms with E-state index < -0.39 is 0 Å². The number of amides is 1. The van der Waals surface area contributed by atoms with Crippen molar-refractivity contribution in [3.05, 3.63) is 69.5 Å². The van der Waals surface area contributed by atoms with Crippen LogP contribution in [0.3, 0.4) is 0 Å². The van der Waals surface area contributed by atoms with Gasteiger partial charge in [-0.3, -0.25) is 4.79 Å². The number of hydrogen-bond donors (Lipinski definition) is 1. The molecule has 2 aromatic heterocycles. The normalized spacial score (nSPS) is 19.2. The van der Waals surface area contributed by atoms with E-state index in [0.29, 0.717) is 29.1 Å². The fourth-order valence-electron chi connectivity index (χ4n) is 2.78. The quantitative estimate of drug-likeness (QED) is 0.770. The lowest BCUT2D eigenvalue weighted by molar-refractivity contribution is 0.0949. The molecule has 1 aromatic carbocycles. The average Bonchev–Trinajstić information content (AvgIpc) is 3.05. The highest BCUT2D eigenvalue weighted by atomic mass is 32.1. The number of benzene rings is 1. The van der Waals surface area contributed by atoms with Gasteiger partial charge in [-0.15, -0.1) is 11.3 Å². The SMILES string of the molecule is Cc1ccc(C2CC2c2nc(CNC(=O)c3ccccc3)no2)s1. The van der Waals surface area contributed by atoms with Gasteiger partial charge in [0.05, 0.1) is 6.54 Å². The highest BCUT2D eigenvalue weighted by molar-refractivity contribution is 7.12. The van der Waals surface area contributed by atoms with E-state index in [0.717, 1.165) is 6.42 Å². The van der Waals surface area contributed by atoms with Gasteiger partial charge in [-0.25, -0.2) is 0 Å². The number of carbonyl (C=O) groups is 1. The van der Waals surface area contributed by atoms with Gasteiger partial charge in [0.2, 0.25) is 5.89 Å². The summed E-state index contributed by atoms with van der Waals surface area (Å²) < 4.78 is 5.38. The summed E-state index contributed by atoms with van der Waals surface area (Å²) in [6, 6.07) is 13.4. The van der Waals surface area contributed by atoms with Crippen molar-refractivity contribution in [1.82, 2.24) is 15.5 Å². The van der Waals surface area contributed by atoms with E-state index in [1.54, 1.807) is 12.1 Å². The first-order chi connectivity index (χ1) is 11.7. The molecule has 2 unspecified atom stereocenters. The number of carbonyl (C=O) groups excluding carboxylic acids is 1. The molecular weight excluding hydrogens is 322 g/mol. The largest absolute Gasteiger partial charge is 0.345 e. The lowest BCUT2D eigenvalue weighted by atomic mass is 10.2. The van der Waals surface area contributed by atoms with E-state index in [9.17, 15) is 4.79 Å². The Labute approximate surface area is 143 Å².